The summed E-state index contributed by atoms with van der Waals surface area (Å²) in [6, 6.07) is 12.1. The third-order valence-corrected chi connectivity index (χ3v) is 3.41. The van der Waals surface area contributed by atoms with Crippen LogP contribution in [-0.4, -0.2) is 29.4 Å². The molecule has 0 aliphatic rings. The lowest BCUT2D eigenvalue weighted by Gasteiger charge is -2.13. The molecule has 1 N–H and O–H groups in total. The van der Waals surface area contributed by atoms with E-state index in [2.05, 4.69) is 11.1 Å². The van der Waals surface area contributed by atoms with Crippen molar-refractivity contribution in [2.24, 2.45) is 0 Å². The number of ether oxygens (including phenoxy) is 1. The molecule has 0 amide bonds. The Hall–Kier alpha value is -1.45. The molecule has 0 bridgehead atoms. The van der Waals surface area contributed by atoms with Gasteiger partial charge < -0.3 is 9.84 Å². The third-order valence-electron chi connectivity index (χ3n) is 3.41. The van der Waals surface area contributed by atoms with Crippen LogP contribution in [0.4, 0.5) is 0 Å². The molecule has 2 aromatic rings. The van der Waals surface area contributed by atoms with Crippen LogP contribution in [0.25, 0.3) is 10.9 Å². The van der Waals surface area contributed by atoms with Gasteiger partial charge in [0.05, 0.1) is 17.7 Å². The molecule has 2 unspecified atom stereocenters. The van der Waals surface area contributed by atoms with E-state index in [1.807, 2.05) is 37.3 Å². The Morgan fingerprint density at radius 1 is 1.16 bits per heavy atom. The van der Waals surface area contributed by atoms with E-state index in [0.29, 0.717) is 6.42 Å². The molecule has 1 aromatic carbocycles. The number of nitrogens with zero attached hydrogens (tertiary/aromatic N) is 1. The van der Waals surface area contributed by atoms with Crippen LogP contribution in [0.5, 0.6) is 0 Å². The van der Waals surface area contributed by atoms with Crippen molar-refractivity contribution < 1.29 is 9.84 Å². The standard InChI is InChI=1S/C16H21NO2/c1-12(19-2)7-10-15(18)11-14-9-8-13-5-3-4-6-16(13)17-14/h3-6,8-9,12,15,18H,7,10-11H2,1-2H3. The van der Waals surface area contributed by atoms with Gasteiger partial charge >= 0.3 is 0 Å². The molecule has 0 spiro atoms. The van der Waals surface area contributed by atoms with E-state index in [-0.39, 0.29) is 12.2 Å². The second-order valence-corrected chi connectivity index (χ2v) is 4.98. The summed E-state index contributed by atoms with van der Waals surface area (Å²) in [6.45, 7) is 2.01. The van der Waals surface area contributed by atoms with Crippen LogP contribution in [0.1, 0.15) is 25.5 Å². The molecule has 0 radical (unpaired) electrons. The molecule has 0 aliphatic heterocycles. The second-order valence-electron chi connectivity index (χ2n) is 4.98. The second kappa shape index (κ2) is 6.64. The van der Waals surface area contributed by atoms with Crippen molar-refractivity contribution in [1.82, 2.24) is 4.98 Å². The average Bonchev–Trinajstić information content (AvgIpc) is 2.44. The van der Waals surface area contributed by atoms with Gasteiger partial charge in [-0.25, -0.2) is 0 Å². The number of aliphatic hydroxyl groups is 1. The highest BCUT2D eigenvalue weighted by Gasteiger charge is 2.09. The third kappa shape index (κ3) is 4.01. The van der Waals surface area contributed by atoms with Gasteiger partial charge in [0.15, 0.2) is 0 Å². The summed E-state index contributed by atoms with van der Waals surface area (Å²) in [5.74, 6) is 0. The van der Waals surface area contributed by atoms with Crippen LogP contribution in [0.15, 0.2) is 36.4 Å². The van der Waals surface area contributed by atoms with Crippen LogP contribution in [-0.2, 0) is 11.2 Å². The molecule has 0 aliphatic carbocycles. The zero-order valence-electron chi connectivity index (χ0n) is 11.5. The van der Waals surface area contributed by atoms with Crippen molar-refractivity contribution in [3.8, 4) is 0 Å². The molecule has 0 saturated carbocycles. The summed E-state index contributed by atoms with van der Waals surface area (Å²) in [6.07, 6.45) is 2.04. The quantitative estimate of drug-likeness (QED) is 0.867. The smallest absolute Gasteiger partial charge is 0.0705 e. The molecular weight excluding hydrogens is 238 g/mol. The zero-order chi connectivity index (χ0) is 13.7. The van der Waals surface area contributed by atoms with Crippen molar-refractivity contribution in [2.75, 3.05) is 7.11 Å². The SMILES string of the molecule is COC(C)CCC(O)Cc1ccc2ccccc2n1. The fourth-order valence-corrected chi connectivity index (χ4v) is 2.11. The molecule has 3 heteroatoms. The number of aliphatic hydroxyl groups excluding tert-OH is 1. The monoisotopic (exact) mass is 259 g/mol. The van der Waals surface area contributed by atoms with Crippen molar-refractivity contribution in [3.05, 3.63) is 42.1 Å². The average molecular weight is 259 g/mol. The number of pyridine rings is 1. The van der Waals surface area contributed by atoms with Crippen LogP contribution >= 0.6 is 0 Å². The van der Waals surface area contributed by atoms with Gasteiger partial charge in [0.2, 0.25) is 0 Å². The van der Waals surface area contributed by atoms with E-state index < -0.39 is 0 Å². The van der Waals surface area contributed by atoms with Crippen molar-refractivity contribution in [1.29, 1.82) is 0 Å². The normalized spacial score (nSPS) is 14.5. The largest absolute Gasteiger partial charge is 0.393 e. The van der Waals surface area contributed by atoms with Crippen LogP contribution in [0.2, 0.25) is 0 Å². The molecule has 2 atom stereocenters. The van der Waals surface area contributed by atoms with Crippen LogP contribution in [0.3, 0.4) is 0 Å². The maximum atomic E-state index is 10.0. The number of rotatable bonds is 6. The summed E-state index contributed by atoms with van der Waals surface area (Å²) < 4.78 is 5.18. The first-order valence-corrected chi connectivity index (χ1v) is 6.74. The highest BCUT2D eigenvalue weighted by atomic mass is 16.5. The molecular formula is C16H21NO2. The first-order valence-electron chi connectivity index (χ1n) is 6.74. The van der Waals surface area contributed by atoms with Crippen LogP contribution in [0, 0.1) is 0 Å². The minimum atomic E-state index is -0.355. The number of hydrogen-bond acceptors (Lipinski definition) is 3. The number of methoxy groups -OCH3 is 1. The summed E-state index contributed by atoms with van der Waals surface area (Å²) in [5.41, 5.74) is 1.92. The van der Waals surface area contributed by atoms with E-state index in [0.717, 1.165) is 29.4 Å². The van der Waals surface area contributed by atoms with E-state index in [9.17, 15) is 5.11 Å². The molecule has 2 rings (SSSR count). The molecule has 102 valence electrons. The molecule has 1 aromatic heterocycles. The molecule has 3 nitrogen and oxygen atoms in total. The number of aromatic nitrogens is 1. The minimum Gasteiger partial charge on any atom is -0.393 e. The Kier molecular flexibility index (Phi) is 4.88. The minimum absolute atomic E-state index is 0.194. The van der Waals surface area contributed by atoms with Crippen LogP contribution < -0.4 is 0 Å². The number of fused-ring (bicyclic) bond motifs is 1. The summed E-state index contributed by atoms with van der Waals surface area (Å²) in [7, 11) is 1.70. The maximum Gasteiger partial charge on any atom is 0.0705 e. The predicted octanol–water partition coefficient (Wildman–Crippen LogP) is 2.95. The fourth-order valence-electron chi connectivity index (χ4n) is 2.11. The Labute approximate surface area is 114 Å². The Bertz CT molecular complexity index is 527. The zero-order valence-corrected chi connectivity index (χ0v) is 11.5. The Morgan fingerprint density at radius 2 is 1.95 bits per heavy atom. The van der Waals surface area contributed by atoms with Gasteiger partial charge in [-0.3, -0.25) is 4.98 Å². The highest BCUT2D eigenvalue weighted by molar-refractivity contribution is 5.78. The summed E-state index contributed by atoms with van der Waals surface area (Å²) >= 11 is 0. The number of para-hydroxylation sites is 1. The molecule has 19 heavy (non-hydrogen) atoms. The molecule has 1 heterocycles. The van der Waals surface area contributed by atoms with Gasteiger partial charge in [0, 0.05) is 24.6 Å². The van der Waals surface area contributed by atoms with Gasteiger partial charge in [-0.15, -0.1) is 0 Å². The Morgan fingerprint density at radius 3 is 2.74 bits per heavy atom. The first kappa shape index (κ1) is 14.0. The molecule has 0 fully saturated rings. The maximum absolute atomic E-state index is 10.0. The van der Waals surface area contributed by atoms with Gasteiger partial charge in [-0.1, -0.05) is 24.3 Å². The van der Waals surface area contributed by atoms with E-state index >= 15 is 0 Å². The van der Waals surface area contributed by atoms with Gasteiger partial charge in [-0.05, 0) is 31.9 Å². The predicted molar refractivity (Wildman–Crippen MR) is 77.2 cm³/mol. The lowest BCUT2D eigenvalue weighted by molar-refractivity contribution is 0.0849. The van der Waals surface area contributed by atoms with Gasteiger partial charge in [-0.2, -0.15) is 0 Å². The van der Waals surface area contributed by atoms with E-state index in [4.69, 9.17) is 4.74 Å². The fraction of sp³-hybridized carbons (Fsp3) is 0.438. The van der Waals surface area contributed by atoms with Crippen molar-refractivity contribution in [3.63, 3.8) is 0 Å². The summed E-state index contributed by atoms with van der Waals surface area (Å²) in [4.78, 5) is 4.57. The Balaban J connectivity index is 1.96. The first-order chi connectivity index (χ1) is 9.19. The number of hydrogen-bond donors (Lipinski definition) is 1. The molecule has 0 saturated heterocycles. The van der Waals surface area contributed by atoms with Crippen molar-refractivity contribution in [2.45, 2.75) is 38.4 Å². The topological polar surface area (TPSA) is 42.4 Å². The number of benzene rings is 1. The van der Waals surface area contributed by atoms with Gasteiger partial charge in [0.25, 0.3) is 0 Å². The highest BCUT2D eigenvalue weighted by Crippen LogP contribution is 2.14. The van der Waals surface area contributed by atoms with Gasteiger partial charge in [0.1, 0.15) is 0 Å². The summed E-state index contributed by atoms with van der Waals surface area (Å²) in [5, 5.41) is 11.2. The van der Waals surface area contributed by atoms with Crippen molar-refractivity contribution >= 4 is 10.9 Å². The lowest BCUT2D eigenvalue weighted by Crippen LogP contribution is -2.15. The van der Waals surface area contributed by atoms with E-state index in [1.165, 1.54) is 0 Å². The lowest BCUT2D eigenvalue weighted by atomic mass is 10.1. The van der Waals surface area contributed by atoms with E-state index in [1.54, 1.807) is 7.11 Å².